The smallest absolute Gasteiger partial charge is 0.0541 e. The Balaban J connectivity index is 0.827. The fraction of sp³-hybridized carbons (Fsp3) is 0.0606. The molecule has 1 heterocycles. The van der Waals surface area contributed by atoms with E-state index >= 15 is 0 Å². The van der Waals surface area contributed by atoms with E-state index in [4.69, 9.17) is 0 Å². The zero-order chi connectivity index (χ0) is 45.6. The van der Waals surface area contributed by atoms with Crippen LogP contribution in [-0.4, -0.2) is 4.57 Å². The summed E-state index contributed by atoms with van der Waals surface area (Å²) in [5, 5.41) is 2.54. The van der Waals surface area contributed by atoms with E-state index in [0.717, 1.165) is 46.7 Å². The minimum absolute atomic E-state index is 0.459. The van der Waals surface area contributed by atoms with Gasteiger partial charge in [-0.2, -0.15) is 0 Å². The average molecular weight is 871 g/mol. The van der Waals surface area contributed by atoms with E-state index in [1.807, 2.05) is 6.92 Å². The standard InChI is InChI=1S/C66H50N2/c1-45(2)47-23-25-49(26-24-47)51-29-37-57(38-30-51)67(58-39-31-52(32-40-58)53-33-41-59(42-34-53)68-65-17-9-7-15-63(65)64-16-8-10-18-66(64)68)56-35-27-50(28-36-56)48-21-19-46(20-22-48)43-55-44-54-11-3-4-12-60(54)62-14-6-5-13-61(55)62/h3-42,55H,1,43-44H2,2H3. The highest BCUT2D eigenvalue weighted by Crippen LogP contribution is 2.42. The summed E-state index contributed by atoms with van der Waals surface area (Å²) < 4.78 is 2.37. The molecular formula is C66H50N2. The molecule has 68 heavy (non-hydrogen) atoms. The van der Waals surface area contributed by atoms with Crippen LogP contribution in [0.2, 0.25) is 0 Å². The van der Waals surface area contributed by atoms with E-state index in [1.54, 1.807) is 0 Å². The lowest BCUT2D eigenvalue weighted by Crippen LogP contribution is -2.13. The Kier molecular flexibility index (Phi) is 10.5. The Labute approximate surface area is 399 Å². The highest BCUT2D eigenvalue weighted by Gasteiger charge is 2.24. The van der Waals surface area contributed by atoms with Crippen molar-refractivity contribution in [2.24, 2.45) is 0 Å². The average Bonchev–Trinajstić information content (AvgIpc) is 3.74. The Morgan fingerprint density at radius 1 is 0.441 bits per heavy atom. The summed E-state index contributed by atoms with van der Waals surface area (Å²) in [6, 6.07) is 89.1. The van der Waals surface area contributed by atoms with Crippen LogP contribution >= 0.6 is 0 Å². The maximum atomic E-state index is 4.12. The molecule has 1 unspecified atom stereocenters. The summed E-state index contributed by atoms with van der Waals surface area (Å²) in [5.74, 6) is 0.459. The molecule has 0 fully saturated rings. The quantitative estimate of drug-likeness (QED) is 0.133. The lowest BCUT2D eigenvalue weighted by atomic mass is 9.76. The Hall–Kier alpha value is -8.46. The molecule has 0 amide bonds. The fourth-order valence-corrected chi connectivity index (χ4v) is 10.5. The third kappa shape index (κ3) is 7.60. The van der Waals surface area contributed by atoms with Gasteiger partial charge in [-0.1, -0.05) is 194 Å². The van der Waals surface area contributed by atoms with Crippen LogP contribution < -0.4 is 4.90 Å². The zero-order valence-corrected chi connectivity index (χ0v) is 38.2. The topological polar surface area (TPSA) is 8.17 Å². The molecule has 0 N–H and O–H groups in total. The molecule has 1 aliphatic carbocycles. The Bertz CT molecular complexity index is 3540. The van der Waals surface area contributed by atoms with E-state index in [2.05, 4.69) is 259 Å². The monoisotopic (exact) mass is 870 g/mol. The number of hydrogen-bond acceptors (Lipinski definition) is 1. The molecule has 0 saturated carbocycles. The molecule has 12 rings (SSSR count). The van der Waals surface area contributed by atoms with Gasteiger partial charge in [0.05, 0.1) is 11.0 Å². The summed E-state index contributed by atoms with van der Waals surface area (Å²) >= 11 is 0. The van der Waals surface area contributed by atoms with Crippen molar-refractivity contribution >= 4 is 44.4 Å². The van der Waals surface area contributed by atoms with Crippen LogP contribution in [-0.2, 0) is 12.8 Å². The Morgan fingerprint density at radius 2 is 0.853 bits per heavy atom. The van der Waals surface area contributed by atoms with Crippen molar-refractivity contribution in [3.05, 3.63) is 271 Å². The Morgan fingerprint density at radius 3 is 1.37 bits per heavy atom. The first-order chi connectivity index (χ1) is 33.5. The predicted molar refractivity (Wildman–Crippen MR) is 289 cm³/mol. The molecule has 2 heteroatoms. The van der Waals surface area contributed by atoms with Crippen LogP contribution in [0.4, 0.5) is 17.1 Å². The van der Waals surface area contributed by atoms with Gasteiger partial charge in [-0.3, -0.25) is 0 Å². The van der Waals surface area contributed by atoms with Crippen molar-refractivity contribution in [3.8, 4) is 50.2 Å². The van der Waals surface area contributed by atoms with E-state index in [1.165, 1.54) is 83.0 Å². The van der Waals surface area contributed by atoms with Crippen LogP contribution in [0.15, 0.2) is 249 Å². The molecule has 1 atom stereocenters. The molecule has 1 aliphatic rings. The summed E-state index contributed by atoms with van der Waals surface area (Å²) in [6.07, 6.45) is 2.09. The second-order valence-corrected chi connectivity index (χ2v) is 18.3. The minimum Gasteiger partial charge on any atom is -0.311 e. The van der Waals surface area contributed by atoms with Crippen molar-refractivity contribution in [3.63, 3.8) is 0 Å². The van der Waals surface area contributed by atoms with Crippen LogP contribution in [0.1, 0.15) is 35.1 Å². The molecule has 324 valence electrons. The van der Waals surface area contributed by atoms with Gasteiger partial charge in [-0.25, -0.2) is 0 Å². The maximum Gasteiger partial charge on any atom is 0.0541 e. The third-order valence-electron chi connectivity index (χ3n) is 14.1. The molecule has 2 nitrogen and oxygen atoms in total. The van der Waals surface area contributed by atoms with Gasteiger partial charge in [-0.05, 0) is 153 Å². The van der Waals surface area contributed by atoms with Crippen molar-refractivity contribution < 1.29 is 0 Å². The van der Waals surface area contributed by atoms with Gasteiger partial charge in [0.1, 0.15) is 0 Å². The van der Waals surface area contributed by atoms with Crippen LogP contribution in [0.25, 0.3) is 77.6 Å². The highest BCUT2D eigenvalue weighted by atomic mass is 15.1. The first-order valence-electron chi connectivity index (χ1n) is 23.7. The first kappa shape index (κ1) is 41.0. The predicted octanol–water partition coefficient (Wildman–Crippen LogP) is 17.8. The van der Waals surface area contributed by atoms with Crippen LogP contribution in [0.5, 0.6) is 0 Å². The van der Waals surface area contributed by atoms with E-state index in [-0.39, 0.29) is 0 Å². The number of fused-ring (bicyclic) bond motifs is 6. The summed E-state index contributed by atoms with van der Waals surface area (Å²) in [5.41, 5.74) is 23.3. The van der Waals surface area contributed by atoms with Crippen LogP contribution in [0, 0.1) is 0 Å². The summed E-state index contributed by atoms with van der Waals surface area (Å²) in [7, 11) is 0. The van der Waals surface area contributed by atoms with Crippen molar-refractivity contribution in [1.82, 2.24) is 4.57 Å². The molecule has 0 spiro atoms. The second kappa shape index (κ2) is 17.4. The fourth-order valence-electron chi connectivity index (χ4n) is 10.5. The van der Waals surface area contributed by atoms with E-state index in [0.29, 0.717) is 5.92 Å². The number of nitrogens with zero attached hydrogens (tertiary/aromatic N) is 2. The number of benzene rings is 10. The van der Waals surface area contributed by atoms with Crippen LogP contribution in [0.3, 0.4) is 0 Å². The van der Waals surface area contributed by atoms with Gasteiger partial charge >= 0.3 is 0 Å². The first-order valence-corrected chi connectivity index (χ1v) is 23.7. The van der Waals surface area contributed by atoms with Crippen molar-refractivity contribution in [1.29, 1.82) is 0 Å². The lowest BCUT2D eigenvalue weighted by Gasteiger charge is -2.28. The van der Waals surface area contributed by atoms with Crippen molar-refractivity contribution in [2.75, 3.05) is 4.90 Å². The number of allylic oxidation sites excluding steroid dienone is 1. The molecule has 11 aromatic rings. The molecule has 0 bridgehead atoms. The van der Waals surface area contributed by atoms with Gasteiger partial charge in [0.15, 0.2) is 0 Å². The number of para-hydroxylation sites is 2. The second-order valence-electron chi connectivity index (χ2n) is 18.3. The maximum absolute atomic E-state index is 4.12. The van der Waals surface area contributed by atoms with Gasteiger partial charge < -0.3 is 9.47 Å². The number of aromatic nitrogens is 1. The molecular weight excluding hydrogens is 821 g/mol. The molecule has 0 saturated heterocycles. The highest BCUT2D eigenvalue weighted by molar-refractivity contribution is 6.09. The molecule has 0 aliphatic heterocycles. The number of hydrogen-bond donors (Lipinski definition) is 0. The molecule has 10 aromatic carbocycles. The number of anilines is 3. The largest absolute Gasteiger partial charge is 0.311 e. The number of rotatable bonds is 10. The van der Waals surface area contributed by atoms with E-state index < -0.39 is 0 Å². The lowest BCUT2D eigenvalue weighted by molar-refractivity contribution is 0.673. The normalized spacial score (nSPS) is 13.0. The van der Waals surface area contributed by atoms with Gasteiger partial charge in [0, 0.05) is 33.5 Å². The summed E-state index contributed by atoms with van der Waals surface area (Å²) in [6.45, 7) is 6.17. The molecule has 0 radical (unpaired) electrons. The van der Waals surface area contributed by atoms with Crippen molar-refractivity contribution in [2.45, 2.75) is 25.7 Å². The van der Waals surface area contributed by atoms with Gasteiger partial charge in [-0.15, -0.1) is 0 Å². The van der Waals surface area contributed by atoms with Gasteiger partial charge in [0.2, 0.25) is 0 Å². The van der Waals surface area contributed by atoms with E-state index in [9.17, 15) is 0 Å². The zero-order valence-electron chi connectivity index (χ0n) is 38.2. The molecule has 1 aromatic heterocycles. The van der Waals surface area contributed by atoms with Gasteiger partial charge in [0.25, 0.3) is 0 Å². The summed E-state index contributed by atoms with van der Waals surface area (Å²) in [4.78, 5) is 2.36. The minimum atomic E-state index is 0.459. The SMILES string of the molecule is C=C(C)c1ccc(-c2ccc(N(c3ccc(-c4ccc(CC5Cc6ccccc6-c6ccccc65)cc4)cc3)c3ccc(-c4ccc(-n5c6ccccc6c6ccccc65)cc4)cc3)cc2)cc1. The third-order valence-corrected chi connectivity index (χ3v) is 14.1.